The van der Waals surface area contributed by atoms with Gasteiger partial charge in [0.05, 0.1) is 26.2 Å². The number of carboxylic acids is 1. The summed E-state index contributed by atoms with van der Waals surface area (Å²) in [5.41, 5.74) is 0.611. The number of hydrogen-bond acceptors (Lipinski definition) is 4. The Bertz CT molecular complexity index is 492. The minimum absolute atomic E-state index is 0.257. The van der Waals surface area contributed by atoms with Gasteiger partial charge in [-0.15, -0.1) is 0 Å². The number of nitrogens with one attached hydrogen (secondary N) is 1. The minimum atomic E-state index is -1.02. The van der Waals surface area contributed by atoms with Crippen LogP contribution in [0, 0.1) is 0 Å². The molecule has 0 aliphatic carbocycles. The summed E-state index contributed by atoms with van der Waals surface area (Å²) in [7, 11) is 2.78. The third-order valence-electron chi connectivity index (χ3n) is 2.83. The molecule has 0 saturated carbocycles. The fourth-order valence-corrected chi connectivity index (χ4v) is 1.79. The van der Waals surface area contributed by atoms with Gasteiger partial charge in [0.1, 0.15) is 5.75 Å². The molecule has 1 aromatic carbocycles. The first-order valence-corrected chi connectivity index (χ1v) is 6.51. The summed E-state index contributed by atoms with van der Waals surface area (Å²) in [4.78, 5) is 27.7. The van der Waals surface area contributed by atoms with Gasteiger partial charge in [-0.05, 0) is 13.0 Å². The van der Waals surface area contributed by atoms with Crippen molar-refractivity contribution in [3.05, 3.63) is 29.8 Å². The van der Waals surface area contributed by atoms with Gasteiger partial charge in [0, 0.05) is 12.6 Å². The number of carbonyl (C=O) groups excluding carboxylic acids is 1. The molecule has 0 saturated heterocycles. The molecule has 0 aromatic heterocycles. The molecular weight excluding hydrogens is 276 g/mol. The lowest BCUT2D eigenvalue weighted by Crippen LogP contribution is -2.39. The Labute approximate surface area is 123 Å². The Kier molecular flexibility index (Phi) is 6.48. The molecule has 1 aromatic rings. The second-order valence-corrected chi connectivity index (χ2v) is 4.25. The smallest absolute Gasteiger partial charge is 0.341 e. The Morgan fingerprint density at radius 1 is 1.38 bits per heavy atom. The van der Waals surface area contributed by atoms with E-state index >= 15 is 0 Å². The maximum Gasteiger partial charge on any atom is 0.341 e. The third kappa shape index (κ3) is 4.96. The molecule has 0 radical (unpaired) electrons. The van der Waals surface area contributed by atoms with Crippen LogP contribution < -0.4 is 10.1 Å². The van der Waals surface area contributed by atoms with Crippen molar-refractivity contribution >= 4 is 12.0 Å². The fraction of sp³-hybridized carbons (Fsp3) is 0.429. The van der Waals surface area contributed by atoms with E-state index < -0.39 is 18.0 Å². The number of rotatable bonds is 7. The molecule has 2 N–H and O–H groups in total. The van der Waals surface area contributed by atoms with Gasteiger partial charge in [0.2, 0.25) is 0 Å². The van der Waals surface area contributed by atoms with Crippen molar-refractivity contribution < 1.29 is 24.3 Å². The van der Waals surface area contributed by atoms with Crippen LogP contribution in [0.4, 0.5) is 4.79 Å². The normalized spacial score (nSPS) is 11.6. The predicted octanol–water partition coefficient (Wildman–Crippen LogP) is 1.80. The van der Waals surface area contributed by atoms with Crippen molar-refractivity contribution in [3.63, 3.8) is 0 Å². The van der Waals surface area contributed by atoms with E-state index in [1.165, 1.54) is 14.2 Å². The zero-order valence-corrected chi connectivity index (χ0v) is 12.3. The summed E-state index contributed by atoms with van der Waals surface area (Å²) < 4.78 is 5.48. The Morgan fingerprint density at radius 2 is 2.05 bits per heavy atom. The van der Waals surface area contributed by atoms with Crippen LogP contribution >= 0.6 is 0 Å². The molecule has 2 amide bonds. The predicted molar refractivity (Wildman–Crippen MR) is 75.9 cm³/mol. The highest BCUT2D eigenvalue weighted by Gasteiger charge is 2.22. The molecular formula is C14H20N2O5. The van der Waals surface area contributed by atoms with Crippen LogP contribution in [-0.2, 0) is 9.63 Å². The number of hydroxylamine groups is 2. The van der Waals surface area contributed by atoms with Crippen LogP contribution in [0.1, 0.15) is 24.9 Å². The topological polar surface area (TPSA) is 88.1 Å². The van der Waals surface area contributed by atoms with Crippen LogP contribution in [-0.4, -0.2) is 42.9 Å². The first-order valence-electron chi connectivity index (χ1n) is 6.51. The van der Waals surface area contributed by atoms with Gasteiger partial charge >= 0.3 is 12.0 Å². The quantitative estimate of drug-likeness (QED) is 0.749. The van der Waals surface area contributed by atoms with Crippen molar-refractivity contribution in [2.75, 3.05) is 20.8 Å². The molecule has 1 rings (SSSR count). The monoisotopic (exact) mass is 296 g/mol. The van der Waals surface area contributed by atoms with Crippen molar-refractivity contribution in [2.45, 2.75) is 19.4 Å². The van der Waals surface area contributed by atoms with E-state index in [1.807, 2.05) is 6.92 Å². The van der Waals surface area contributed by atoms with E-state index in [9.17, 15) is 9.59 Å². The van der Waals surface area contributed by atoms with Crippen LogP contribution in [0.25, 0.3) is 0 Å². The highest BCUT2D eigenvalue weighted by atomic mass is 16.7. The molecule has 0 heterocycles. The summed E-state index contributed by atoms with van der Waals surface area (Å²) in [6, 6.07) is 5.77. The molecule has 0 fully saturated rings. The van der Waals surface area contributed by atoms with Crippen LogP contribution in [0.5, 0.6) is 5.75 Å². The largest absolute Gasteiger partial charge is 0.494 e. The number of aliphatic carboxylic acids is 1. The fourth-order valence-electron chi connectivity index (χ4n) is 1.79. The standard InChI is InChI=1S/C14H20N2O5/c1-4-21-12-8-6-5-7-10(12)11(9-13(17)18)15-14(19)16(2)20-3/h5-8,11H,4,9H2,1-3H3,(H,15,19)(H,17,18)/t11-/m0/s1. The van der Waals surface area contributed by atoms with Crippen molar-refractivity contribution in [3.8, 4) is 5.75 Å². The number of amides is 2. The Hall–Kier alpha value is -2.28. The maximum absolute atomic E-state index is 11.9. The number of para-hydroxylation sites is 1. The number of ether oxygens (including phenoxy) is 1. The molecule has 0 spiro atoms. The van der Waals surface area contributed by atoms with Gasteiger partial charge in [0.15, 0.2) is 0 Å². The van der Waals surface area contributed by atoms with Crippen molar-refractivity contribution in [2.24, 2.45) is 0 Å². The number of hydrogen-bond donors (Lipinski definition) is 2. The van der Waals surface area contributed by atoms with Crippen molar-refractivity contribution in [1.29, 1.82) is 0 Å². The van der Waals surface area contributed by atoms with E-state index in [-0.39, 0.29) is 6.42 Å². The van der Waals surface area contributed by atoms with Gasteiger partial charge < -0.3 is 15.2 Å². The lowest BCUT2D eigenvalue weighted by atomic mass is 10.0. The Morgan fingerprint density at radius 3 is 2.62 bits per heavy atom. The zero-order valence-electron chi connectivity index (χ0n) is 12.3. The second kappa shape index (κ2) is 8.11. The molecule has 7 nitrogen and oxygen atoms in total. The van der Waals surface area contributed by atoms with Crippen molar-refractivity contribution in [1.82, 2.24) is 10.4 Å². The molecule has 0 aliphatic heterocycles. The third-order valence-corrected chi connectivity index (χ3v) is 2.83. The van der Waals surface area contributed by atoms with E-state index in [4.69, 9.17) is 14.7 Å². The van der Waals surface area contributed by atoms with E-state index in [2.05, 4.69) is 5.32 Å². The van der Waals surface area contributed by atoms with E-state index in [0.29, 0.717) is 17.9 Å². The summed E-state index contributed by atoms with van der Waals surface area (Å²) in [5, 5.41) is 12.6. The highest BCUT2D eigenvalue weighted by Crippen LogP contribution is 2.27. The summed E-state index contributed by atoms with van der Waals surface area (Å²) in [5.74, 6) is -0.474. The van der Waals surface area contributed by atoms with Crippen LogP contribution in [0.15, 0.2) is 24.3 Å². The minimum Gasteiger partial charge on any atom is -0.494 e. The summed E-state index contributed by atoms with van der Waals surface area (Å²) in [6.07, 6.45) is -0.257. The van der Waals surface area contributed by atoms with Gasteiger partial charge in [0.25, 0.3) is 0 Å². The molecule has 0 bridgehead atoms. The van der Waals surface area contributed by atoms with Crippen LogP contribution in [0.2, 0.25) is 0 Å². The number of carbonyl (C=O) groups is 2. The number of urea groups is 1. The average Bonchev–Trinajstić information content (AvgIpc) is 2.46. The highest BCUT2D eigenvalue weighted by molar-refractivity contribution is 5.75. The number of carboxylic acid groups (broad SMARTS) is 1. The lowest BCUT2D eigenvalue weighted by Gasteiger charge is -2.23. The lowest BCUT2D eigenvalue weighted by molar-refractivity contribution is -0.137. The summed E-state index contributed by atoms with van der Waals surface area (Å²) in [6.45, 7) is 2.28. The number of benzene rings is 1. The second-order valence-electron chi connectivity index (χ2n) is 4.25. The van der Waals surface area contributed by atoms with Gasteiger partial charge in [-0.25, -0.2) is 9.86 Å². The van der Waals surface area contributed by atoms with Gasteiger partial charge in [-0.3, -0.25) is 9.63 Å². The molecule has 1 atom stereocenters. The number of nitrogens with zero attached hydrogens (tertiary/aromatic N) is 1. The maximum atomic E-state index is 11.9. The van der Waals surface area contributed by atoms with Gasteiger partial charge in [-0.2, -0.15) is 0 Å². The van der Waals surface area contributed by atoms with E-state index in [0.717, 1.165) is 5.06 Å². The first kappa shape index (κ1) is 16.8. The van der Waals surface area contributed by atoms with E-state index in [1.54, 1.807) is 24.3 Å². The first-order chi connectivity index (χ1) is 9.99. The molecule has 7 heteroatoms. The molecule has 0 unspecified atom stereocenters. The average molecular weight is 296 g/mol. The molecule has 21 heavy (non-hydrogen) atoms. The zero-order chi connectivity index (χ0) is 15.8. The van der Waals surface area contributed by atoms with Gasteiger partial charge in [-0.1, -0.05) is 18.2 Å². The SMILES string of the molecule is CCOc1ccccc1[C@H](CC(=O)O)NC(=O)N(C)OC. The molecule has 116 valence electrons. The van der Waals surface area contributed by atoms with Crippen LogP contribution in [0.3, 0.4) is 0 Å². The Balaban J connectivity index is 3.02. The summed E-state index contributed by atoms with van der Waals surface area (Å²) >= 11 is 0. The molecule has 0 aliphatic rings.